The van der Waals surface area contributed by atoms with Crippen molar-refractivity contribution in [1.82, 2.24) is 15.5 Å². The Morgan fingerprint density at radius 1 is 1.24 bits per heavy atom. The lowest BCUT2D eigenvalue weighted by molar-refractivity contribution is -0.148. The summed E-state index contributed by atoms with van der Waals surface area (Å²) in [6, 6.07) is 0. The van der Waals surface area contributed by atoms with Gasteiger partial charge in [-0.2, -0.15) is 13.2 Å². The molecule has 2 rings (SSSR count). The van der Waals surface area contributed by atoms with Crippen LogP contribution in [0, 0.1) is 11.8 Å². The fourth-order valence-corrected chi connectivity index (χ4v) is 3.11. The molecule has 0 bridgehead atoms. The van der Waals surface area contributed by atoms with Gasteiger partial charge in [0.05, 0.1) is 12.5 Å². The van der Waals surface area contributed by atoms with E-state index >= 15 is 0 Å². The largest absolute Gasteiger partial charge is 0.401 e. The monoisotopic (exact) mass is 307 g/mol. The molecule has 0 aromatic heterocycles. The van der Waals surface area contributed by atoms with Crippen molar-refractivity contribution in [2.24, 2.45) is 11.8 Å². The minimum atomic E-state index is -4.10. The summed E-state index contributed by atoms with van der Waals surface area (Å²) in [6.45, 7) is 2.50. The van der Waals surface area contributed by atoms with Crippen LogP contribution in [-0.2, 0) is 4.79 Å². The topological polar surface area (TPSA) is 44.4 Å². The summed E-state index contributed by atoms with van der Waals surface area (Å²) in [5.41, 5.74) is 0. The average Bonchev–Trinajstić information content (AvgIpc) is 2.93. The van der Waals surface area contributed by atoms with E-state index in [1.807, 2.05) is 0 Å². The minimum absolute atomic E-state index is 0.0821. The number of carbonyl (C=O) groups is 1. The van der Waals surface area contributed by atoms with Crippen LogP contribution in [-0.4, -0.2) is 56.3 Å². The summed E-state index contributed by atoms with van der Waals surface area (Å²) < 4.78 is 36.8. The molecule has 2 saturated heterocycles. The predicted molar refractivity (Wildman–Crippen MR) is 73.8 cm³/mol. The van der Waals surface area contributed by atoms with E-state index in [0.717, 1.165) is 38.8 Å². The van der Waals surface area contributed by atoms with Crippen molar-refractivity contribution >= 4 is 5.91 Å². The number of likely N-dealkylation sites (tertiary alicyclic amines) is 1. The van der Waals surface area contributed by atoms with E-state index in [9.17, 15) is 18.0 Å². The fraction of sp³-hybridized carbons (Fsp3) is 0.929. The summed E-state index contributed by atoms with van der Waals surface area (Å²) in [6.07, 6.45) is -0.766. The first-order valence-corrected chi connectivity index (χ1v) is 7.71. The number of piperidine rings is 1. The molecule has 0 aromatic carbocycles. The highest BCUT2D eigenvalue weighted by molar-refractivity contribution is 5.79. The van der Waals surface area contributed by atoms with Crippen molar-refractivity contribution in [3.05, 3.63) is 0 Å². The Bertz CT molecular complexity index is 335. The Morgan fingerprint density at radius 3 is 2.52 bits per heavy atom. The van der Waals surface area contributed by atoms with Crippen LogP contribution in [0.25, 0.3) is 0 Å². The third-order valence-corrected chi connectivity index (χ3v) is 4.39. The summed E-state index contributed by atoms with van der Waals surface area (Å²) >= 11 is 0. The van der Waals surface area contributed by atoms with Crippen molar-refractivity contribution in [2.45, 2.75) is 31.9 Å². The zero-order chi connectivity index (χ0) is 15.3. The van der Waals surface area contributed by atoms with Gasteiger partial charge in [0.15, 0.2) is 0 Å². The van der Waals surface area contributed by atoms with Gasteiger partial charge in [0, 0.05) is 13.1 Å². The number of nitrogens with zero attached hydrogens (tertiary/aromatic N) is 1. The van der Waals surface area contributed by atoms with E-state index in [0.29, 0.717) is 25.6 Å². The first-order chi connectivity index (χ1) is 9.94. The van der Waals surface area contributed by atoms with Gasteiger partial charge in [0.25, 0.3) is 0 Å². The molecule has 1 amide bonds. The highest BCUT2D eigenvalue weighted by Gasteiger charge is 2.32. The molecule has 0 radical (unpaired) electrons. The maximum Gasteiger partial charge on any atom is 0.401 e. The van der Waals surface area contributed by atoms with E-state index in [-0.39, 0.29) is 11.8 Å². The molecule has 1 unspecified atom stereocenters. The summed E-state index contributed by atoms with van der Waals surface area (Å²) in [4.78, 5) is 13.3. The SMILES string of the molecule is O=C(NCCC1CCN(CC(F)(F)F)CC1)C1CCNC1. The Labute approximate surface area is 123 Å². The van der Waals surface area contributed by atoms with Crippen molar-refractivity contribution < 1.29 is 18.0 Å². The molecular formula is C14H24F3N3O. The summed E-state index contributed by atoms with van der Waals surface area (Å²) in [5.74, 6) is 0.615. The van der Waals surface area contributed by atoms with Gasteiger partial charge >= 0.3 is 6.18 Å². The Balaban J connectivity index is 1.57. The van der Waals surface area contributed by atoms with E-state index in [2.05, 4.69) is 10.6 Å². The van der Waals surface area contributed by atoms with Crippen LogP contribution in [0.4, 0.5) is 13.2 Å². The zero-order valence-electron chi connectivity index (χ0n) is 12.2. The molecule has 0 aromatic rings. The lowest BCUT2D eigenvalue weighted by Gasteiger charge is -2.32. The molecule has 2 aliphatic rings. The van der Waals surface area contributed by atoms with Gasteiger partial charge in [0.1, 0.15) is 0 Å². The summed E-state index contributed by atoms with van der Waals surface area (Å²) in [5, 5.41) is 6.11. The minimum Gasteiger partial charge on any atom is -0.356 e. The molecule has 4 nitrogen and oxygen atoms in total. The number of hydrogen-bond donors (Lipinski definition) is 2. The second kappa shape index (κ2) is 7.45. The molecule has 0 saturated carbocycles. The number of hydrogen-bond acceptors (Lipinski definition) is 3. The molecule has 2 N–H and O–H groups in total. The Kier molecular flexibility index (Phi) is 5.87. The van der Waals surface area contributed by atoms with Crippen molar-refractivity contribution in [3.8, 4) is 0 Å². The second-order valence-electron chi connectivity index (χ2n) is 6.10. The number of rotatable bonds is 5. The molecule has 2 fully saturated rings. The maximum absolute atomic E-state index is 12.3. The van der Waals surface area contributed by atoms with Crippen LogP contribution >= 0.6 is 0 Å². The molecule has 0 spiro atoms. The number of carbonyl (C=O) groups excluding carboxylic acids is 1. The molecular weight excluding hydrogens is 283 g/mol. The van der Waals surface area contributed by atoms with Crippen molar-refractivity contribution in [2.75, 3.05) is 39.3 Å². The quantitative estimate of drug-likeness (QED) is 0.806. The average molecular weight is 307 g/mol. The highest BCUT2D eigenvalue weighted by atomic mass is 19.4. The van der Waals surface area contributed by atoms with Crippen molar-refractivity contribution in [3.63, 3.8) is 0 Å². The van der Waals surface area contributed by atoms with Gasteiger partial charge < -0.3 is 10.6 Å². The van der Waals surface area contributed by atoms with Crippen LogP contribution in [0.1, 0.15) is 25.7 Å². The maximum atomic E-state index is 12.3. The van der Waals surface area contributed by atoms with Crippen LogP contribution < -0.4 is 10.6 Å². The third kappa shape index (κ3) is 5.82. The highest BCUT2D eigenvalue weighted by Crippen LogP contribution is 2.24. The number of nitrogens with one attached hydrogen (secondary N) is 2. The molecule has 122 valence electrons. The molecule has 2 heterocycles. The molecule has 7 heteroatoms. The van der Waals surface area contributed by atoms with Crippen LogP contribution in [0.3, 0.4) is 0 Å². The summed E-state index contributed by atoms with van der Waals surface area (Å²) in [7, 11) is 0. The Morgan fingerprint density at radius 2 is 1.95 bits per heavy atom. The van der Waals surface area contributed by atoms with E-state index < -0.39 is 12.7 Å². The Hall–Kier alpha value is -0.820. The van der Waals surface area contributed by atoms with Gasteiger partial charge in [-0.05, 0) is 51.2 Å². The third-order valence-electron chi connectivity index (χ3n) is 4.39. The van der Waals surface area contributed by atoms with E-state index in [1.54, 1.807) is 0 Å². The van der Waals surface area contributed by atoms with E-state index in [1.165, 1.54) is 4.90 Å². The first-order valence-electron chi connectivity index (χ1n) is 7.71. The zero-order valence-corrected chi connectivity index (χ0v) is 12.2. The van der Waals surface area contributed by atoms with Gasteiger partial charge in [0.2, 0.25) is 5.91 Å². The first kappa shape index (κ1) is 16.5. The van der Waals surface area contributed by atoms with Gasteiger partial charge in [-0.25, -0.2) is 0 Å². The lowest BCUT2D eigenvalue weighted by atomic mass is 9.93. The molecule has 0 aliphatic carbocycles. The van der Waals surface area contributed by atoms with Gasteiger partial charge in [-0.1, -0.05) is 0 Å². The van der Waals surface area contributed by atoms with Crippen LogP contribution in [0.2, 0.25) is 0 Å². The normalized spacial score (nSPS) is 25.2. The lowest BCUT2D eigenvalue weighted by Crippen LogP contribution is -2.40. The predicted octanol–water partition coefficient (Wildman–Crippen LogP) is 1.38. The number of alkyl halides is 3. The number of halogens is 3. The van der Waals surface area contributed by atoms with Crippen molar-refractivity contribution in [1.29, 1.82) is 0 Å². The number of amides is 1. The van der Waals surface area contributed by atoms with Crippen LogP contribution in [0.5, 0.6) is 0 Å². The smallest absolute Gasteiger partial charge is 0.356 e. The van der Waals surface area contributed by atoms with E-state index in [4.69, 9.17) is 0 Å². The second-order valence-corrected chi connectivity index (χ2v) is 6.10. The fourth-order valence-electron chi connectivity index (χ4n) is 3.11. The van der Waals surface area contributed by atoms with Gasteiger partial charge in [-0.15, -0.1) is 0 Å². The van der Waals surface area contributed by atoms with Gasteiger partial charge in [-0.3, -0.25) is 9.69 Å². The molecule has 2 aliphatic heterocycles. The molecule has 21 heavy (non-hydrogen) atoms. The van der Waals surface area contributed by atoms with Crippen LogP contribution in [0.15, 0.2) is 0 Å². The standard InChI is InChI=1S/C14H24F3N3O/c15-14(16,17)10-20-7-3-11(4-8-20)1-6-19-13(21)12-2-5-18-9-12/h11-12,18H,1-10H2,(H,19,21). The molecule has 1 atom stereocenters.